The minimum absolute atomic E-state index is 0. The van der Waals surface area contributed by atoms with Crippen molar-refractivity contribution in [3.8, 4) is 0 Å². The smallest absolute Gasteiger partial charge is 0.547 e. The Morgan fingerprint density at radius 2 is 1.44 bits per heavy atom. The molecule has 2 amide bonds. The number of rotatable bonds is 6. The molecular formula is C7H7ClN2Na2O6. The molecule has 0 unspecified atom stereocenters. The quantitative estimate of drug-likeness (QED) is 0.283. The van der Waals surface area contributed by atoms with Crippen LogP contribution in [0.15, 0.2) is 0 Å². The van der Waals surface area contributed by atoms with Crippen LogP contribution in [0.5, 0.6) is 0 Å². The van der Waals surface area contributed by atoms with Crippen LogP contribution in [0.25, 0.3) is 0 Å². The van der Waals surface area contributed by atoms with Crippen molar-refractivity contribution >= 4 is 35.4 Å². The molecule has 0 atom stereocenters. The Kier molecular flexibility index (Phi) is 15.8. The number of carbonyl (C=O) groups is 4. The fraction of sp³-hybridized carbons (Fsp3) is 0.429. The Morgan fingerprint density at radius 1 is 1.00 bits per heavy atom. The predicted molar refractivity (Wildman–Crippen MR) is 45.7 cm³/mol. The Bertz CT molecular complexity index is 313. The second kappa shape index (κ2) is 12.2. The third-order valence-electron chi connectivity index (χ3n) is 1.34. The molecule has 0 aromatic heterocycles. The van der Waals surface area contributed by atoms with E-state index >= 15 is 0 Å². The van der Waals surface area contributed by atoms with Gasteiger partial charge >= 0.3 is 59.1 Å². The van der Waals surface area contributed by atoms with Crippen LogP contribution in [0.2, 0.25) is 0 Å². The van der Waals surface area contributed by atoms with E-state index in [4.69, 9.17) is 11.6 Å². The van der Waals surface area contributed by atoms with Crippen LogP contribution in [-0.4, -0.2) is 42.2 Å². The van der Waals surface area contributed by atoms with Gasteiger partial charge in [0.1, 0.15) is 11.9 Å². The maximum absolute atomic E-state index is 10.9. The summed E-state index contributed by atoms with van der Waals surface area (Å²) in [5.41, 5.74) is 0. The summed E-state index contributed by atoms with van der Waals surface area (Å²) in [4.78, 5) is 42.0. The fourth-order valence-electron chi connectivity index (χ4n) is 0.652. The second-order valence-electron chi connectivity index (χ2n) is 2.55. The largest absolute Gasteiger partial charge is 1.00 e. The van der Waals surface area contributed by atoms with Crippen molar-refractivity contribution in [2.45, 2.75) is 6.04 Å². The summed E-state index contributed by atoms with van der Waals surface area (Å²) >= 11 is 5.09. The molecule has 0 rings (SSSR count). The molecule has 0 radical (unpaired) electrons. The van der Waals surface area contributed by atoms with Crippen molar-refractivity contribution in [1.29, 1.82) is 0 Å². The Hall–Kier alpha value is 0.170. The molecule has 11 heteroatoms. The van der Waals surface area contributed by atoms with Crippen molar-refractivity contribution in [1.82, 2.24) is 10.6 Å². The summed E-state index contributed by atoms with van der Waals surface area (Å²) in [6, 6.07) is -2.26. The maximum Gasteiger partial charge on any atom is 1.00 e. The zero-order chi connectivity index (χ0) is 12.7. The van der Waals surface area contributed by atoms with E-state index in [1.165, 1.54) is 0 Å². The number of hydrogen-bond acceptors (Lipinski definition) is 6. The molecule has 0 aromatic rings. The van der Waals surface area contributed by atoms with Gasteiger partial charge in [-0.15, -0.1) is 11.6 Å². The van der Waals surface area contributed by atoms with E-state index < -0.39 is 36.3 Å². The molecule has 0 aliphatic rings. The first kappa shape index (κ1) is 23.3. The molecule has 18 heavy (non-hydrogen) atoms. The Balaban J connectivity index is -0.00000112. The maximum atomic E-state index is 10.9. The molecule has 0 aliphatic carbocycles. The summed E-state index contributed by atoms with van der Waals surface area (Å²) < 4.78 is 0. The Labute approximate surface area is 151 Å². The van der Waals surface area contributed by atoms with Crippen LogP contribution < -0.4 is 80.0 Å². The van der Waals surface area contributed by atoms with E-state index in [1.54, 1.807) is 5.32 Å². The summed E-state index contributed by atoms with van der Waals surface area (Å²) in [6.45, 7) is -0.595. The number of alkyl halides is 1. The van der Waals surface area contributed by atoms with Gasteiger partial charge in [0.2, 0.25) is 11.8 Å². The molecule has 0 fully saturated rings. The van der Waals surface area contributed by atoms with Gasteiger partial charge < -0.3 is 30.4 Å². The van der Waals surface area contributed by atoms with Crippen LogP contribution in [-0.2, 0) is 19.2 Å². The van der Waals surface area contributed by atoms with Gasteiger partial charge in [0, 0.05) is 0 Å². The fourth-order valence-corrected chi connectivity index (χ4v) is 0.747. The minimum atomic E-state index is -2.26. The van der Waals surface area contributed by atoms with Crippen molar-refractivity contribution < 1.29 is 88.5 Å². The number of halogens is 1. The monoisotopic (exact) mass is 296 g/mol. The van der Waals surface area contributed by atoms with Crippen molar-refractivity contribution in [3.05, 3.63) is 0 Å². The molecule has 0 spiro atoms. The van der Waals surface area contributed by atoms with Gasteiger partial charge in [0.05, 0.1) is 18.5 Å². The van der Waals surface area contributed by atoms with Crippen LogP contribution in [0.3, 0.4) is 0 Å². The van der Waals surface area contributed by atoms with Gasteiger partial charge in [0.25, 0.3) is 0 Å². The summed E-state index contributed by atoms with van der Waals surface area (Å²) in [5, 5.41) is 24.0. The normalized spacial score (nSPS) is 8.56. The minimum Gasteiger partial charge on any atom is -0.547 e. The molecule has 0 aromatic carbocycles. The zero-order valence-electron chi connectivity index (χ0n) is 9.82. The first-order valence-corrected chi connectivity index (χ1v) is 4.45. The van der Waals surface area contributed by atoms with Gasteiger partial charge in [-0.05, 0) is 0 Å². The van der Waals surface area contributed by atoms with Gasteiger partial charge in [-0.1, -0.05) is 0 Å². The van der Waals surface area contributed by atoms with E-state index in [-0.39, 0.29) is 65.0 Å². The van der Waals surface area contributed by atoms with Crippen molar-refractivity contribution in [2.24, 2.45) is 0 Å². The molecule has 0 aliphatic heterocycles. The number of carboxylic acid groups (broad SMARTS) is 2. The number of aliphatic carboxylic acids is 2. The molecular weight excluding hydrogens is 290 g/mol. The molecule has 2 N–H and O–H groups in total. The van der Waals surface area contributed by atoms with Crippen LogP contribution in [0.4, 0.5) is 0 Å². The standard InChI is InChI=1S/C7H9ClN2O6.2Na/c8-1-3(11)9-2-4(12)10-5(6(13)14)7(15)16;;/h5H,1-2H2,(H,9,11)(H,10,12)(H,13,14)(H,15,16);;/q;2*+1/p-2. The van der Waals surface area contributed by atoms with E-state index in [0.717, 1.165) is 0 Å². The van der Waals surface area contributed by atoms with E-state index in [9.17, 15) is 29.4 Å². The summed E-state index contributed by atoms with van der Waals surface area (Å²) in [6.07, 6.45) is 0. The number of nitrogens with one attached hydrogen (secondary N) is 2. The molecule has 8 nitrogen and oxygen atoms in total. The van der Waals surface area contributed by atoms with Crippen LogP contribution in [0, 0.1) is 0 Å². The molecule has 0 saturated carbocycles. The average Bonchev–Trinajstić information content (AvgIpc) is 2.21. The van der Waals surface area contributed by atoms with Gasteiger partial charge in [-0.25, -0.2) is 0 Å². The third kappa shape index (κ3) is 10.1. The molecule has 90 valence electrons. The van der Waals surface area contributed by atoms with Gasteiger partial charge in [0.15, 0.2) is 0 Å². The van der Waals surface area contributed by atoms with Gasteiger partial charge in [-0.2, -0.15) is 0 Å². The number of carbonyl (C=O) groups excluding carboxylic acids is 4. The Morgan fingerprint density at radius 3 is 1.78 bits per heavy atom. The molecule has 0 heterocycles. The summed E-state index contributed by atoms with van der Waals surface area (Å²) in [5.74, 6) is -6.08. The predicted octanol–water partition coefficient (Wildman–Crippen LogP) is -10.7. The van der Waals surface area contributed by atoms with E-state index in [0.29, 0.717) is 0 Å². The summed E-state index contributed by atoms with van der Waals surface area (Å²) in [7, 11) is 0. The van der Waals surface area contributed by atoms with E-state index in [2.05, 4.69) is 0 Å². The number of hydrogen-bond donors (Lipinski definition) is 2. The van der Waals surface area contributed by atoms with Crippen LogP contribution >= 0.6 is 11.6 Å². The SMILES string of the molecule is O=C(CCl)NCC(=O)NC(C(=O)[O-])C(=O)[O-].[Na+].[Na+]. The van der Waals surface area contributed by atoms with Crippen molar-refractivity contribution in [3.63, 3.8) is 0 Å². The average molecular weight is 297 g/mol. The second-order valence-corrected chi connectivity index (χ2v) is 2.82. The molecule has 0 saturated heterocycles. The number of amides is 2. The first-order chi connectivity index (χ1) is 7.38. The first-order valence-electron chi connectivity index (χ1n) is 3.92. The topological polar surface area (TPSA) is 138 Å². The van der Waals surface area contributed by atoms with Gasteiger partial charge in [-0.3, -0.25) is 9.59 Å². The molecule has 0 bridgehead atoms. The van der Waals surface area contributed by atoms with Crippen molar-refractivity contribution in [2.75, 3.05) is 12.4 Å². The zero-order valence-corrected chi connectivity index (χ0v) is 14.6. The number of carboxylic acids is 2. The third-order valence-corrected chi connectivity index (χ3v) is 1.59. The van der Waals surface area contributed by atoms with Crippen LogP contribution in [0.1, 0.15) is 0 Å². The van der Waals surface area contributed by atoms with E-state index in [1.807, 2.05) is 5.32 Å².